The van der Waals surface area contributed by atoms with Gasteiger partial charge in [0, 0.05) is 19.1 Å². The summed E-state index contributed by atoms with van der Waals surface area (Å²) in [6, 6.07) is 0.245. The maximum absolute atomic E-state index is 12.2. The van der Waals surface area contributed by atoms with Crippen molar-refractivity contribution in [1.29, 1.82) is 0 Å². The van der Waals surface area contributed by atoms with Gasteiger partial charge in [0.15, 0.2) is 5.78 Å². The van der Waals surface area contributed by atoms with Gasteiger partial charge in [-0.25, -0.2) is 0 Å². The monoisotopic (exact) mass is 256 g/mol. The Labute approximate surface area is 109 Å². The molecule has 18 heavy (non-hydrogen) atoms. The molecule has 1 heterocycles. The van der Waals surface area contributed by atoms with Gasteiger partial charge in [-0.15, -0.1) is 0 Å². The lowest BCUT2D eigenvalue weighted by atomic mass is 9.87. The number of likely N-dealkylation sites (tertiary alicyclic amines) is 1. The summed E-state index contributed by atoms with van der Waals surface area (Å²) in [4.78, 5) is 25.9. The molecule has 0 aromatic carbocycles. The molecule has 0 aromatic rings. The minimum atomic E-state index is -1.06. The van der Waals surface area contributed by atoms with E-state index in [-0.39, 0.29) is 11.8 Å². The highest BCUT2D eigenvalue weighted by atomic mass is 16.5. The number of nitrogens with two attached hydrogens (primary N) is 1. The minimum absolute atomic E-state index is 0.0866. The second-order valence-corrected chi connectivity index (χ2v) is 5.38. The van der Waals surface area contributed by atoms with E-state index in [1.807, 2.05) is 0 Å². The van der Waals surface area contributed by atoms with E-state index in [9.17, 15) is 9.59 Å². The molecule has 0 bridgehead atoms. The SMILES string of the molecule is CCOC(=O)C(C)(C)C(=O)CN1CCC(N)CC1. The van der Waals surface area contributed by atoms with Gasteiger partial charge in [-0.2, -0.15) is 0 Å². The number of ether oxygens (including phenoxy) is 1. The number of rotatable bonds is 5. The predicted octanol–water partition coefficient (Wildman–Crippen LogP) is 0.568. The van der Waals surface area contributed by atoms with Crippen molar-refractivity contribution in [1.82, 2.24) is 4.90 Å². The van der Waals surface area contributed by atoms with Crippen molar-refractivity contribution >= 4 is 11.8 Å². The zero-order valence-electron chi connectivity index (χ0n) is 11.6. The van der Waals surface area contributed by atoms with Crippen molar-refractivity contribution in [3.8, 4) is 0 Å². The summed E-state index contributed by atoms with van der Waals surface area (Å²) in [7, 11) is 0. The van der Waals surface area contributed by atoms with E-state index in [4.69, 9.17) is 10.5 Å². The number of ketones is 1. The third-order valence-corrected chi connectivity index (χ3v) is 3.48. The van der Waals surface area contributed by atoms with Gasteiger partial charge in [-0.1, -0.05) is 0 Å². The van der Waals surface area contributed by atoms with Crippen molar-refractivity contribution in [3.63, 3.8) is 0 Å². The normalized spacial score (nSPS) is 18.7. The molecule has 0 aromatic heterocycles. The molecule has 2 N–H and O–H groups in total. The third kappa shape index (κ3) is 3.78. The first-order valence-electron chi connectivity index (χ1n) is 6.56. The molecule has 104 valence electrons. The zero-order chi connectivity index (χ0) is 13.8. The number of Topliss-reactive ketones (excluding diaryl/α,β-unsaturated/α-hetero) is 1. The van der Waals surface area contributed by atoms with E-state index in [0.717, 1.165) is 25.9 Å². The molecule has 0 unspecified atom stereocenters. The minimum Gasteiger partial charge on any atom is -0.465 e. The highest BCUT2D eigenvalue weighted by Crippen LogP contribution is 2.20. The predicted molar refractivity (Wildman–Crippen MR) is 69.1 cm³/mol. The third-order valence-electron chi connectivity index (χ3n) is 3.48. The molecule has 5 heteroatoms. The van der Waals surface area contributed by atoms with Crippen molar-refractivity contribution < 1.29 is 14.3 Å². The summed E-state index contributed by atoms with van der Waals surface area (Å²) in [5.74, 6) is -0.528. The summed E-state index contributed by atoms with van der Waals surface area (Å²) in [6.45, 7) is 7.25. The Morgan fingerprint density at radius 3 is 2.39 bits per heavy atom. The van der Waals surface area contributed by atoms with Gasteiger partial charge in [0.1, 0.15) is 5.41 Å². The smallest absolute Gasteiger partial charge is 0.319 e. The van der Waals surface area contributed by atoms with Gasteiger partial charge < -0.3 is 10.5 Å². The van der Waals surface area contributed by atoms with E-state index in [1.165, 1.54) is 0 Å². The summed E-state index contributed by atoms with van der Waals surface area (Å²) in [5.41, 5.74) is 4.76. The van der Waals surface area contributed by atoms with Crippen LogP contribution in [0.3, 0.4) is 0 Å². The van der Waals surface area contributed by atoms with E-state index in [0.29, 0.717) is 13.2 Å². The van der Waals surface area contributed by atoms with Crippen LogP contribution in [0.2, 0.25) is 0 Å². The zero-order valence-corrected chi connectivity index (χ0v) is 11.6. The molecule has 0 saturated carbocycles. The van der Waals surface area contributed by atoms with Crippen molar-refractivity contribution in [3.05, 3.63) is 0 Å². The average molecular weight is 256 g/mol. The van der Waals surface area contributed by atoms with Crippen molar-refractivity contribution in [2.75, 3.05) is 26.2 Å². The van der Waals surface area contributed by atoms with Gasteiger partial charge in [0.05, 0.1) is 13.2 Å². The highest BCUT2D eigenvalue weighted by Gasteiger charge is 2.38. The van der Waals surface area contributed by atoms with Crippen LogP contribution in [0.15, 0.2) is 0 Å². The van der Waals surface area contributed by atoms with Crippen LogP contribution in [0.25, 0.3) is 0 Å². The number of carbonyl (C=O) groups is 2. The molecule has 1 fully saturated rings. The highest BCUT2D eigenvalue weighted by molar-refractivity contribution is 6.03. The lowest BCUT2D eigenvalue weighted by Crippen LogP contribution is -2.46. The van der Waals surface area contributed by atoms with Crippen LogP contribution < -0.4 is 5.73 Å². The van der Waals surface area contributed by atoms with Crippen molar-refractivity contribution in [2.24, 2.45) is 11.1 Å². The molecule has 0 spiro atoms. The summed E-state index contributed by atoms with van der Waals surface area (Å²) >= 11 is 0. The van der Waals surface area contributed by atoms with Gasteiger partial charge in [0.25, 0.3) is 0 Å². The number of piperidine rings is 1. The number of hydrogen-bond acceptors (Lipinski definition) is 5. The Morgan fingerprint density at radius 2 is 1.89 bits per heavy atom. The van der Waals surface area contributed by atoms with E-state index < -0.39 is 11.4 Å². The van der Waals surface area contributed by atoms with Crippen LogP contribution in [0.1, 0.15) is 33.6 Å². The molecular weight excluding hydrogens is 232 g/mol. The topological polar surface area (TPSA) is 72.6 Å². The number of hydrogen-bond donors (Lipinski definition) is 1. The Morgan fingerprint density at radius 1 is 1.33 bits per heavy atom. The second kappa shape index (κ2) is 6.29. The quantitative estimate of drug-likeness (QED) is 0.575. The van der Waals surface area contributed by atoms with Crippen LogP contribution in [0.5, 0.6) is 0 Å². The van der Waals surface area contributed by atoms with Gasteiger partial charge in [-0.3, -0.25) is 14.5 Å². The van der Waals surface area contributed by atoms with Crippen LogP contribution in [0.4, 0.5) is 0 Å². The second-order valence-electron chi connectivity index (χ2n) is 5.38. The summed E-state index contributed by atoms with van der Waals surface area (Å²) in [6.07, 6.45) is 1.82. The lowest BCUT2D eigenvalue weighted by molar-refractivity contribution is -0.158. The van der Waals surface area contributed by atoms with Gasteiger partial charge in [0.2, 0.25) is 0 Å². The molecule has 1 aliphatic heterocycles. The summed E-state index contributed by atoms with van der Waals surface area (Å²) in [5, 5.41) is 0. The number of esters is 1. The first kappa shape index (κ1) is 15.1. The molecule has 0 amide bonds. The van der Waals surface area contributed by atoms with E-state index in [2.05, 4.69) is 4.90 Å². The first-order chi connectivity index (χ1) is 8.37. The standard InChI is InChI=1S/C13H24N2O3/c1-4-18-12(17)13(2,3)11(16)9-15-7-5-10(14)6-8-15/h10H,4-9,14H2,1-3H3. The Hall–Kier alpha value is -0.940. The Kier molecular flexibility index (Phi) is 5.28. The molecule has 5 nitrogen and oxygen atoms in total. The van der Waals surface area contributed by atoms with Crippen LogP contribution >= 0.6 is 0 Å². The number of nitrogens with zero attached hydrogens (tertiary/aromatic N) is 1. The molecule has 0 atom stereocenters. The Bertz CT molecular complexity index is 307. The fourth-order valence-electron chi connectivity index (χ4n) is 1.94. The molecule has 1 saturated heterocycles. The molecule has 0 aliphatic carbocycles. The molecule has 1 rings (SSSR count). The van der Waals surface area contributed by atoms with Gasteiger partial charge in [-0.05, 0) is 33.6 Å². The molecule has 1 aliphatic rings. The van der Waals surface area contributed by atoms with Gasteiger partial charge >= 0.3 is 5.97 Å². The maximum atomic E-state index is 12.2. The lowest BCUT2D eigenvalue weighted by Gasteiger charge is -2.31. The molecule has 0 radical (unpaired) electrons. The van der Waals surface area contributed by atoms with Crippen molar-refractivity contribution in [2.45, 2.75) is 39.7 Å². The van der Waals surface area contributed by atoms with Crippen LogP contribution in [0, 0.1) is 5.41 Å². The fourth-order valence-corrected chi connectivity index (χ4v) is 1.94. The first-order valence-corrected chi connectivity index (χ1v) is 6.56. The maximum Gasteiger partial charge on any atom is 0.319 e. The Balaban J connectivity index is 2.51. The summed E-state index contributed by atoms with van der Waals surface area (Å²) < 4.78 is 4.94. The fraction of sp³-hybridized carbons (Fsp3) is 0.846. The van der Waals surface area contributed by atoms with E-state index >= 15 is 0 Å². The number of carbonyl (C=O) groups excluding carboxylic acids is 2. The van der Waals surface area contributed by atoms with E-state index in [1.54, 1.807) is 20.8 Å². The molecular formula is C13H24N2O3. The van der Waals surface area contributed by atoms with Crippen LogP contribution in [-0.2, 0) is 14.3 Å². The average Bonchev–Trinajstić information content (AvgIpc) is 2.32. The van der Waals surface area contributed by atoms with Crippen LogP contribution in [-0.4, -0.2) is 48.9 Å². The largest absolute Gasteiger partial charge is 0.465 e.